The van der Waals surface area contributed by atoms with Crippen molar-refractivity contribution in [2.45, 2.75) is 26.3 Å². The first kappa shape index (κ1) is 17.3. The molecule has 0 aromatic rings. The molecule has 0 aromatic carbocycles. The third-order valence-corrected chi connectivity index (χ3v) is 5.08. The number of fused-ring (bicyclic) bond motifs is 3. The Morgan fingerprint density at radius 3 is 2.38 bits per heavy atom. The fourth-order valence-electron chi connectivity index (χ4n) is 3.75. The second-order valence-electron chi connectivity index (χ2n) is 7.25. The Kier molecular flexibility index (Phi) is 5.76. The van der Waals surface area contributed by atoms with Crippen molar-refractivity contribution in [1.29, 1.82) is 0 Å². The van der Waals surface area contributed by atoms with Gasteiger partial charge in [-0.1, -0.05) is 13.8 Å². The van der Waals surface area contributed by atoms with E-state index in [1.165, 1.54) is 39.1 Å². The average molecular weight is 407 g/mol. The monoisotopic (exact) mass is 407 g/mol. The smallest absolute Gasteiger partial charge is 0.193 e. The predicted molar refractivity (Wildman–Crippen MR) is 98.5 cm³/mol. The summed E-state index contributed by atoms with van der Waals surface area (Å²) in [6.45, 7) is 14.2. The Morgan fingerprint density at radius 1 is 1.19 bits per heavy atom. The van der Waals surface area contributed by atoms with E-state index in [0.717, 1.165) is 25.6 Å². The highest BCUT2D eigenvalue weighted by Gasteiger charge is 2.33. The van der Waals surface area contributed by atoms with Crippen LogP contribution in [0.4, 0.5) is 0 Å². The van der Waals surface area contributed by atoms with Crippen LogP contribution in [0.5, 0.6) is 0 Å². The summed E-state index contributed by atoms with van der Waals surface area (Å²) in [7, 11) is 1.91. The van der Waals surface area contributed by atoms with Crippen LogP contribution in [-0.4, -0.2) is 86.1 Å². The van der Waals surface area contributed by atoms with Gasteiger partial charge in [0.25, 0.3) is 0 Å². The van der Waals surface area contributed by atoms with E-state index in [1.54, 1.807) is 0 Å². The predicted octanol–water partition coefficient (Wildman–Crippen LogP) is 0.912. The molecule has 5 nitrogen and oxygen atoms in total. The van der Waals surface area contributed by atoms with Gasteiger partial charge in [-0.15, -0.1) is 24.0 Å². The van der Waals surface area contributed by atoms with Crippen LogP contribution in [-0.2, 0) is 0 Å². The maximum Gasteiger partial charge on any atom is 0.193 e. The van der Waals surface area contributed by atoms with Crippen molar-refractivity contribution in [2.24, 2.45) is 10.4 Å². The van der Waals surface area contributed by atoms with Gasteiger partial charge >= 0.3 is 0 Å². The molecule has 0 aromatic heterocycles. The van der Waals surface area contributed by atoms with E-state index in [2.05, 4.69) is 38.9 Å². The van der Waals surface area contributed by atoms with Crippen LogP contribution in [0.3, 0.4) is 0 Å². The number of piperazine rings is 3. The minimum atomic E-state index is 0. The molecule has 0 spiro atoms. The zero-order valence-electron chi connectivity index (χ0n) is 13.6. The molecule has 4 aliphatic heterocycles. The molecule has 122 valence electrons. The van der Waals surface area contributed by atoms with Crippen molar-refractivity contribution < 1.29 is 0 Å². The Morgan fingerprint density at radius 2 is 1.90 bits per heavy atom. The largest absolute Gasteiger partial charge is 0.355 e. The number of nitrogens with one attached hydrogen (secondary N) is 1. The number of hydrogen-bond acceptors (Lipinski definition) is 3. The van der Waals surface area contributed by atoms with E-state index in [1.807, 2.05) is 7.05 Å². The van der Waals surface area contributed by atoms with Crippen molar-refractivity contribution in [1.82, 2.24) is 20.0 Å². The summed E-state index contributed by atoms with van der Waals surface area (Å²) in [4.78, 5) is 12.1. The van der Waals surface area contributed by atoms with E-state index >= 15 is 0 Å². The van der Waals surface area contributed by atoms with Gasteiger partial charge in [0.2, 0.25) is 0 Å². The molecule has 0 aliphatic carbocycles. The summed E-state index contributed by atoms with van der Waals surface area (Å²) in [5.41, 5.74) is 0.427. The fourth-order valence-corrected chi connectivity index (χ4v) is 3.75. The lowest BCUT2D eigenvalue weighted by Crippen LogP contribution is -2.63. The molecule has 4 rings (SSSR count). The quantitative estimate of drug-likeness (QED) is 0.419. The van der Waals surface area contributed by atoms with Gasteiger partial charge < -0.3 is 10.2 Å². The lowest BCUT2D eigenvalue weighted by Gasteiger charge is -2.47. The van der Waals surface area contributed by atoms with Crippen molar-refractivity contribution in [2.75, 3.05) is 59.4 Å². The first-order valence-electron chi connectivity index (χ1n) is 7.99. The van der Waals surface area contributed by atoms with Gasteiger partial charge in [-0.2, -0.15) is 0 Å². The average Bonchev–Trinajstić information content (AvgIpc) is 2.81. The van der Waals surface area contributed by atoms with Crippen LogP contribution in [0.2, 0.25) is 0 Å². The molecule has 4 saturated heterocycles. The number of halogens is 1. The molecular weight excluding hydrogens is 377 g/mol. The summed E-state index contributed by atoms with van der Waals surface area (Å²) < 4.78 is 0. The number of aliphatic imine (C=N–C) groups is 1. The van der Waals surface area contributed by atoms with E-state index in [9.17, 15) is 0 Å². The highest BCUT2D eigenvalue weighted by molar-refractivity contribution is 14.0. The summed E-state index contributed by atoms with van der Waals surface area (Å²) in [6, 6.07) is 0.657. The summed E-state index contributed by atoms with van der Waals surface area (Å²) in [5, 5.41) is 3.61. The van der Waals surface area contributed by atoms with Gasteiger partial charge in [-0.3, -0.25) is 14.8 Å². The van der Waals surface area contributed by atoms with Crippen LogP contribution in [0.15, 0.2) is 4.99 Å². The van der Waals surface area contributed by atoms with Gasteiger partial charge in [-0.05, 0) is 11.8 Å². The van der Waals surface area contributed by atoms with Crippen molar-refractivity contribution >= 4 is 29.9 Å². The molecule has 4 fully saturated rings. The second-order valence-corrected chi connectivity index (χ2v) is 7.25. The summed E-state index contributed by atoms with van der Waals surface area (Å²) >= 11 is 0. The van der Waals surface area contributed by atoms with Crippen LogP contribution >= 0.6 is 24.0 Å². The van der Waals surface area contributed by atoms with Gasteiger partial charge in [-0.25, -0.2) is 0 Å². The third kappa shape index (κ3) is 4.01. The van der Waals surface area contributed by atoms with Crippen molar-refractivity contribution in [3.63, 3.8) is 0 Å². The molecule has 2 bridgehead atoms. The molecule has 4 aliphatic rings. The lowest BCUT2D eigenvalue weighted by atomic mass is 9.93. The Labute approximate surface area is 146 Å². The third-order valence-electron chi connectivity index (χ3n) is 5.08. The molecule has 0 amide bonds. The summed E-state index contributed by atoms with van der Waals surface area (Å²) in [6.07, 6.45) is 1.26. The Hall–Kier alpha value is -0.0800. The van der Waals surface area contributed by atoms with Gasteiger partial charge in [0.05, 0.1) is 0 Å². The van der Waals surface area contributed by atoms with E-state index < -0.39 is 0 Å². The number of likely N-dealkylation sites (tertiary alicyclic amines) is 1. The molecule has 0 saturated carbocycles. The zero-order valence-corrected chi connectivity index (χ0v) is 16.0. The van der Waals surface area contributed by atoms with Crippen LogP contribution in [0.1, 0.15) is 20.3 Å². The van der Waals surface area contributed by atoms with Crippen LogP contribution < -0.4 is 5.32 Å². The molecule has 6 heteroatoms. The zero-order chi connectivity index (χ0) is 14.2. The molecule has 4 heterocycles. The van der Waals surface area contributed by atoms with Gasteiger partial charge in [0.15, 0.2) is 5.96 Å². The van der Waals surface area contributed by atoms with E-state index in [-0.39, 0.29) is 24.0 Å². The number of hydrogen-bond donors (Lipinski definition) is 1. The first-order valence-corrected chi connectivity index (χ1v) is 7.99. The topological polar surface area (TPSA) is 34.1 Å². The summed E-state index contributed by atoms with van der Waals surface area (Å²) in [5.74, 6) is 1.09. The number of nitrogens with zero attached hydrogens (tertiary/aromatic N) is 4. The maximum absolute atomic E-state index is 4.48. The minimum absolute atomic E-state index is 0. The molecule has 1 atom stereocenters. The SMILES string of the molecule is CN=C(NCC1CN2CCN1CC2)N1CCC(C)(C)C1.I. The van der Waals surface area contributed by atoms with Gasteiger partial charge in [0, 0.05) is 65.4 Å². The molecule has 0 radical (unpaired) electrons. The van der Waals surface area contributed by atoms with E-state index in [0.29, 0.717) is 11.5 Å². The second kappa shape index (κ2) is 7.00. The van der Waals surface area contributed by atoms with Crippen LogP contribution in [0.25, 0.3) is 0 Å². The van der Waals surface area contributed by atoms with Gasteiger partial charge in [0.1, 0.15) is 0 Å². The molecule has 1 N–H and O–H groups in total. The van der Waals surface area contributed by atoms with Crippen molar-refractivity contribution in [3.8, 4) is 0 Å². The van der Waals surface area contributed by atoms with Crippen molar-refractivity contribution in [3.05, 3.63) is 0 Å². The molecule has 1 unspecified atom stereocenters. The number of guanidine groups is 1. The highest BCUT2D eigenvalue weighted by atomic mass is 127. The van der Waals surface area contributed by atoms with Crippen LogP contribution in [0, 0.1) is 5.41 Å². The standard InChI is InChI=1S/C15H29N5.HI/c1-15(2)4-5-20(12-15)14(16-3)17-10-13-11-18-6-8-19(13)9-7-18;/h13H,4-12H2,1-3H3,(H,16,17);1H. The molecule has 21 heavy (non-hydrogen) atoms. The minimum Gasteiger partial charge on any atom is -0.355 e. The Bertz CT molecular complexity index is 376. The molecular formula is C15H30IN5. The fraction of sp³-hybridized carbons (Fsp3) is 0.933. The Balaban J connectivity index is 0.00000161. The number of rotatable bonds is 2. The normalized spacial score (nSPS) is 34.7. The highest BCUT2D eigenvalue weighted by Crippen LogP contribution is 2.28. The first-order chi connectivity index (χ1) is 9.57. The van der Waals surface area contributed by atoms with E-state index in [4.69, 9.17) is 0 Å². The maximum atomic E-state index is 4.48. The lowest BCUT2D eigenvalue weighted by molar-refractivity contribution is 0.0152.